The molecule has 0 radical (unpaired) electrons. The van der Waals surface area contributed by atoms with Crippen LogP contribution in [0.15, 0.2) is 24.3 Å². The van der Waals surface area contributed by atoms with E-state index in [0.29, 0.717) is 5.56 Å². The number of nitrogens with one attached hydrogen (secondary N) is 2. The van der Waals surface area contributed by atoms with Gasteiger partial charge in [-0.25, -0.2) is 0 Å². The van der Waals surface area contributed by atoms with E-state index in [2.05, 4.69) is 22.6 Å². The molecule has 0 unspecified atom stereocenters. The molecule has 0 bridgehead atoms. The van der Waals surface area contributed by atoms with Gasteiger partial charge in [0.1, 0.15) is 0 Å². The van der Waals surface area contributed by atoms with Crippen LogP contribution in [0.25, 0.3) is 0 Å². The van der Waals surface area contributed by atoms with Crippen LogP contribution in [0.1, 0.15) is 28.8 Å². The van der Waals surface area contributed by atoms with Gasteiger partial charge in [-0.1, -0.05) is 12.1 Å². The van der Waals surface area contributed by atoms with Gasteiger partial charge in [-0.15, -0.1) is 0 Å². The number of hydrogen-bond donors (Lipinski definition) is 2. The first-order valence-corrected chi connectivity index (χ1v) is 6.92. The standard InChI is InChI=1S/C15H23N3O/c1-16-15(19)13-5-3-12(4-6-13)11-17-9-10-18(2)14-7-8-14/h3-6,14,17H,7-11H2,1-2H3,(H,16,19). The second-order valence-electron chi connectivity index (χ2n) is 5.16. The smallest absolute Gasteiger partial charge is 0.251 e. The van der Waals surface area contributed by atoms with Crippen LogP contribution in [-0.2, 0) is 6.54 Å². The average Bonchev–Trinajstić information content (AvgIpc) is 3.27. The van der Waals surface area contributed by atoms with Crippen molar-refractivity contribution in [3.63, 3.8) is 0 Å². The molecule has 1 aliphatic rings. The van der Waals surface area contributed by atoms with Crippen LogP contribution in [0.5, 0.6) is 0 Å². The average molecular weight is 261 g/mol. The van der Waals surface area contributed by atoms with Gasteiger partial charge in [0.25, 0.3) is 5.91 Å². The minimum atomic E-state index is -0.0365. The van der Waals surface area contributed by atoms with Crippen LogP contribution >= 0.6 is 0 Å². The Morgan fingerprint density at radius 2 is 2.00 bits per heavy atom. The van der Waals surface area contributed by atoms with Crippen molar-refractivity contribution in [2.75, 3.05) is 27.2 Å². The summed E-state index contributed by atoms with van der Waals surface area (Å²) in [5, 5.41) is 6.06. The van der Waals surface area contributed by atoms with Crippen LogP contribution in [0, 0.1) is 0 Å². The summed E-state index contributed by atoms with van der Waals surface area (Å²) in [5.41, 5.74) is 1.92. The summed E-state index contributed by atoms with van der Waals surface area (Å²) < 4.78 is 0. The Bertz CT molecular complexity index is 412. The van der Waals surface area contributed by atoms with Crippen LogP contribution in [0.3, 0.4) is 0 Å². The quantitative estimate of drug-likeness (QED) is 0.726. The highest BCUT2D eigenvalue weighted by atomic mass is 16.1. The third-order valence-corrected chi connectivity index (χ3v) is 3.58. The molecule has 0 heterocycles. The fourth-order valence-corrected chi connectivity index (χ4v) is 2.10. The molecule has 4 heteroatoms. The Morgan fingerprint density at radius 3 is 2.58 bits per heavy atom. The van der Waals surface area contributed by atoms with Crippen molar-refractivity contribution >= 4 is 5.91 Å². The maximum atomic E-state index is 11.4. The van der Waals surface area contributed by atoms with Crippen molar-refractivity contribution in [2.45, 2.75) is 25.4 Å². The fraction of sp³-hybridized carbons (Fsp3) is 0.533. The molecular weight excluding hydrogens is 238 g/mol. The number of amides is 1. The highest BCUT2D eigenvalue weighted by Gasteiger charge is 2.25. The number of rotatable bonds is 7. The molecule has 2 rings (SSSR count). The first-order valence-electron chi connectivity index (χ1n) is 6.92. The second kappa shape index (κ2) is 6.68. The zero-order valence-electron chi connectivity index (χ0n) is 11.8. The lowest BCUT2D eigenvalue weighted by atomic mass is 10.1. The molecule has 1 aliphatic carbocycles. The SMILES string of the molecule is CNC(=O)c1ccc(CNCCN(C)C2CC2)cc1. The topological polar surface area (TPSA) is 44.4 Å². The van der Waals surface area contributed by atoms with Crippen LogP contribution in [-0.4, -0.2) is 44.0 Å². The van der Waals surface area contributed by atoms with Crippen molar-refractivity contribution in [3.8, 4) is 0 Å². The van der Waals surface area contributed by atoms with Crippen LogP contribution in [0.2, 0.25) is 0 Å². The van der Waals surface area contributed by atoms with Crippen LogP contribution < -0.4 is 10.6 Å². The number of carbonyl (C=O) groups excluding carboxylic acids is 1. The molecule has 104 valence electrons. The largest absolute Gasteiger partial charge is 0.355 e. The molecule has 0 saturated heterocycles. The van der Waals surface area contributed by atoms with Crippen molar-refractivity contribution in [1.82, 2.24) is 15.5 Å². The summed E-state index contributed by atoms with van der Waals surface area (Å²) in [6, 6.07) is 8.57. The molecule has 0 spiro atoms. The summed E-state index contributed by atoms with van der Waals surface area (Å²) in [6.07, 6.45) is 2.72. The predicted octanol–water partition coefficient (Wildman–Crippen LogP) is 1.23. The van der Waals surface area contributed by atoms with E-state index in [1.807, 2.05) is 24.3 Å². The third-order valence-electron chi connectivity index (χ3n) is 3.58. The van der Waals surface area contributed by atoms with Gasteiger partial charge >= 0.3 is 0 Å². The zero-order chi connectivity index (χ0) is 13.7. The summed E-state index contributed by atoms with van der Waals surface area (Å²) in [4.78, 5) is 13.8. The minimum absolute atomic E-state index is 0.0365. The number of hydrogen-bond acceptors (Lipinski definition) is 3. The highest BCUT2D eigenvalue weighted by Crippen LogP contribution is 2.24. The Kier molecular flexibility index (Phi) is 4.93. The van der Waals surface area contributed by atoms with E-state index >= 15 is 0 Å². The van der Waals surface area contributed by atoms with E-state index in [1.165, 1.54) is 18.4 Å². The molecular formula is C15H23N3O. The summed E-state index contributed by atoms with van der Waals surface area (Å²) in [6.45, 7) is 2.96. The molecule has 1 saturated carbocycles. The minimum Gasteiger partial charge on any atom is -0.355 e. The molecule has 19 heavy (non-hydrogen) atoms. The lowest BCUT2D eigenvalue weighted by Crippen LogP contribution is -2.30. The molecule has 1 fully saturated rings. The van der Waals surface area contributed by atoms with E-state index in [-0.39, 0.29) is 5.91 Å². The van der Waals surface area contributed by atoms with Gasteiger partial charge in [0.15, 0.2) is 0 Å². The first-order chi connectivity index (χ1) is 9.20. The van der Waals surface area contributed by atoms with Gasteiger partial charge < -0.3 is 15.5 Å². The fourth-order valence-electron chi connectivity index (χ4n) is 2.10. The zero-order valence-corrected chi connectivity index (χ0v) is 11.8. The number of likely N-dealkylation sites (N-methyl/N-ethyl adjacent to an activating group) is 1. The summed E-state index contributed by atoms with van der Waals surface area (Å²) >= 11 is 0. The number of carbonyl (C=O) groups is 1. The van der Waals surface area contributed by atoms with Crippen molar-refractivity contribution in [3.05, 3.63) is 35.4 Å². The van der Waals surface area contributed by atoms with Crippen molar-refractivity contribution < 1.29 is 4.79 Å². The molecule has 4 nitrogen and oxygen atoms in total. The van der Waals surface area contributed by atoms with Crippen molar-refractivity contribution in [1.29, 1.82) is 0 Å². The molecule has 0 atom stereocenters. The first kappa shape index (κ1) is 14.0. The summed E-state index contributed by atoms with van der Waals surface area (Å²) in [5.74, 6) is -0.0365. The maximum Gasteiger partial charge on any atom is 0.251 e. The summed E-state index contributed by atoms with van der Waals surface area (Å²) in [7, 11) is 3.84. The van der Waals surface area contributed by atoms with Gasteiger partial charge in [0.2, 0.25) is 0 Å². The van der Waals surface area contributed by atoms with E-state index in [9.17, 15) is 4.79 Å². The Hall–Kier alpha value is -1.39. The molecule has 0 aromatic heterocycles. The van der Waals surface area contributed by atoms with E-state index in [1.54, 1.807) is 7.05 Å². The van der Waals surface area contributed by atoms with Gasteiger partial charge in [0, 0.05) is 38.3 Å². The molecule has 1 aromatic carbocycles. The second-order valence-corrected chi connectivity index (χ2v) is 5.16. The Morgan fingerprint density at radius 1 is 1.32 bits per heavy atom. The molecule has 2 N–H and O–H groups in total. The molecule has 1 aromatic rings. The highest BCUT2D eigenvalue weighted by molar-refractivity contribution is 5.93. The normalized spacial score (nSPS) is 14.7. The lowest BCUT2D eigenvalue weighted by Gasteiger charge is -2.15. The maximum absolute atomic E-state index is 11.4. The molecule has 1 amide bonds. The van der Waals surface area contributed by atoms with E-state index in [4.69, 9.17) is 0 Å². The van der Waals surface area contributed by atoms with E-state index in [0.717, 1.165) is 25.7 Å². The molecule has 0 aliphatic heterocycles. The van der Waals surface area contributed by atoms with Crippen molar-refractivity contribution in [2.24, 2.45) is 0 Å². The van der Waals surface area contributed by atoms with Gasteiger partial charge in [0.05, 0.1) is 0 Å². The third kappa shape index (κ3) is 4.33. The Labute approximate surface area is 115 Å². The number of benzene rings is 1. The van der Waals surface area contributed by atoms with Gasteiger partial charge in [-0.2, -0.15) is 0 Å². The predicted molar refractivity (Wildman–Crippen MR) is 77.2 cm³/mol. The monoisotopic (exact) mass is 261 g/mol. The Balaban J connectivity index is 1.69. The number of nitrogens with zero attached hydrogens (tertiary/aromatic N) is 1. The van der Waals surface area contributed by atoms with Gasteiger partial charge in [-0.05, 0) is 37.6 Å². The van der Waals surface area contributed by atoms with E-state index < -0.39 is 0 Å². The lowest BCUT2D eigenvalue weighted by molar-refractivity contribution is 0.0963. The van der Waals surface area contributed by atoms with Crippen LogP contribution in [0.4, 0.5) is 0 Å². The van der Waals surface area contributed by atoms with Gasteiger partial charge in [-0.3, -0.25) is 4.79 Å².